The van der Waals surface area contributed by atoms with Crippen molar-refractivity contribution in [1.82, 2.24) is 0 Å². The van der Waals surface area contributed by atoms with Crippen molar-refractivity contribution in [2.45, 2.75) is 13.1 Å². The maximum atomic E-state index is 12.6. The highest BCUT2D eigenvalue weighted by Crippen LogP contribution is 2.26. The lowest BCUT2D eigenvalue weighted by Gasteiger charge is -2.20. The summed E-state index contributed by atoms with van der Waals surface area (Å²) in [5.41, 5.74) is -1.50. The van der Waals surface area contributed by atoms with Crippen LogP contribution in [-0.2, 0) is 19.8 Å². The molecule has 0 saturated carbocycles. The van der Waals surface area contributed by atoms with E-state index in [2.05, 4.69) is 9.73 Å². The number of carbonyl (C=O) groups excluding carboxylic acids is 1. The number of hydrogen-bond acceptors (Lipinski definition) is 5. The van der Waals surface area contributed by atoms with Gasteiger partial charge in [-0.2, -0.15) is 21.6 Å². The second kappa shape index (κ2) is 5.34. The normalized spacial score (nSPS) is 19.4. The molecule has 5 nitrogen and oxygen atoms in total. The molecule has 18 heavy (non-hydrogen) atoms. The summed E-state index contributed by atoms with van der Waals surface area (Å²) in [7, 11) is -2.96. The Balaban J connectivity index is 3.34. The second-order valence-electron chi connectivity index (χ2n) is 3.15. The fraction of sp³-hybridized carbons (Fsp3) is 0.444. The molecule has 0 spiro atoms. The van der Waals surface area contributed by atoms with Gasteiger partial charge in [0.25, 0.3) is 0 Å². The van der Waals surface area contributed by atoms with Crippen molar-refractivity contribution in [2.75, 3.05) is 6.61 Å². The zero-order chi connectivity index (χ0) is 13.9. The molecule has 1 atom stereocenters. The van der Waals surface area contributed by atoms with E-state index in [4.69, 9.17) is 0 Å². The van der Waals surface area contributed by atoms with Crippen LogP contribution in [0.25, 0.3) is 0 Å². The number of allylic oxidation sites excluding steroid dienone is 1. The van der Waals surface area contributed by atoms with Crippen LogP contribution in [0.1, 0.15) is 6.92 Å². The minimum atomic E-state index is -4.91. The van der Waals surface area contributed by atoms with E-state index >= 15 is 0 Å². The van der Waals surface area contributed by atoms with Crippen LogP contribution in [0.2, 0.25) is 0 Å². The Morgan fingerprint density at radius 1 is 1.50 bits per heavy atom. The van der Waals surface area contributed by atoms with Gasteiger partial charge in [-0.05, 0) is 13.0 Å². The molecule has 1 rings (SSSR count). The predicted molar refractivity (Wildman–Crippen MR) is 56.7 cm³/mol. The first-order valence-corrected chi connectivity index (χ1v) is 5.80. The number of carbonyl (C=O) groups is 1. The van der Waals surface area contributed by atoms with E-state index in [1.807, 2.05) is 0 Å². The van der Waals surface area contributed by atoms with Crippen molar-refractivity contribution < 1.29 is 31.1 Å². The van der Waals surface area contributed by atoms with Gasteiger partial charge in [0.2, 0.25) is 10.3 Å². The first-order chi connectivity index (χ1) is 8.29. The molecule has 0 aromatic heterocycles. The van der Waals surface area contributed by atoms with Crippen molar-refractivity contribution in [1.29, 1.82) is 0 Å². The third kappa shape index (κ3) is 2.97. The van der Waals surface area contributed by atoms with Crippen LogP contribution in [0, 0.1) is 5.92 Å². The maximum Gasteiger partial charge on any atom is 0.430 e. The molecule has 0 bridgehead atoms. The van der Waals surface area contributed by atoms with Crippen LogP contribution in [0.3, 0.4) is 0 Å². The third-order valence-electron chi connectivity index (χ3n) is 2.02. The maximum absolute atomic E-state index is 12.6. The SMILES string of the molecule is CCOC(=O)C1C(C(F)(F)F)=NC=CC1=S(=O)=O. The molecule has 1 aliphatic heterocycles. The van der Waals surface area contributed by atoms with Crippen LogP contribution < -0.4 is 0 Å². The Morgan fingerprint density at radius 2 is 2.11 bits per heavy atom. The molecule has 1 heterocycles. The highest BCUT2D eigenvalue weighted by atomic mass is 32.2. The minimum Gasteiger partial charge on any atom is -0.465 e. The van der Waals surface area contributed by atoms with Gasteiger partial charge in [-0.15, -0.1) is 0 Å². The van der Waals surface area contributed by atoms with Crippen LogP contribution in [0.4, 0.5) is 13.2 Å². The quantitative estimate of drug-likeness (QED) is 0.553. The summed E-state index contributed by atoms with van der Waals surface area (Å²) >= 11 is 0. The highest BCUT2D eigenvalue weighted by Gasteiger charge is 2.47. The van der Waals surface area contributed by atoms with Gasteiger partial charge in [-0.3, -0.25) is 9.79 Å². The summed E-state index contributed by atoms with van der Waals surface area (Å²) in [6.07, 6.45) is -3.39. The summed E-state index contributed by atoms with van der Waals surface area (Å²) in [5.74, 6) is -3.36. The molecule has 1 aliphatic rings. The number of ether oxygens (including phenoxy) is 1. The van der Waals surface area contributed by atoms with Crippen molar-refractivity contribution in [3.05, 3.63) is 12.3 Å². The Hall–Kier alpha value is -1.64. The standard InChI is InChI=1S/C9H8F3NO4S/c1-2-17-8(14)6-5(18(15)16)3-4-13-7(6)9(10,11)12/h3-4,6H,2H2,1H3. The number of aliphatic imine (C=N–C) groups is 1. The lowest BCUT2D eigenvalue weighted by atomic mass is 9.97. The van der Waals surface area contributed by atoms with E-state index in [-0.39, 0.29) is 6.61 Å². The summed E-state index contributed by atoms with van der Waals surface area (Å²) in [6.45, 7) is 1.23. The number of esters is 1. The largest absolute Gasteiger partial charge is 0.465 e. The van der Waals surface area contributed by atoms with Gasteiger partial charge in [0.15, 0.2) is 0 Å². The number of alkyl halides is 3. The van der Waals surface area contributed by atoms with Crippen molar-refractivity contribution in [3.63, 3.8) is 0 Å². The van der Waals surface area contributed by atoms with Gasteiger partial charge >= 0.3 is 12.1 Å². The average Bonchev–Trinajstić information content (AvgIpc) is 2.27. The lowest BCUT2D eigenvalue weighted by Crippen LogP contribution is -2.42. The number of hydrogen-bond donors (Lipinski definition) is 0. The van der Waals surface area contributed by atoms with Crippen molar-refractivity contribution in [3.8, 4) is 0 Å². The fourth-order valence-electron chi connectivity index (χ4n) is 1.34. The Labute approximate surface area is 101 Å². The molecule has 9 heteroatoms. The van der Waals surface area contributed by atoms with E-state index in [0.29, 0.717) is 6.20 Å². The minimum absolute atomic E-state index is 0.164. The van der Waals surface area contributed by atoms with Gasteiger partial charge in [-0.25, -0.2) is 0 Å². The first-order valence-electron chi connectivity index (χ1n) is 4.73. The van der Waals surface area contributed by atoms with Crippen LogP contribution >= 0.6 is 0 Å². The molecule has 0 fully saturated rings. The first kappa shape index (κ1) is 14.4. The molecule has 0 radical (unpaired) electrons. The molecule has 0 saturated heterocycles. The Morgan fingerprint density at radius 3 is 2.56 bits per heavy atom. The van der Waals surface area contributed by atoms with Gasteiger partial charge in [0.05, 0.1) is 11.5 Å². The van der Waals surface area contributed by atoms with Crippen LogP contribution in [0.15, 0.2) is 17.3 Å². The molecular formula is C9H8F3NO4S. The van der Waals surface area contributed by atoms with Gasteiger partial charge in [0.1, 0.15) is 11.6 Å². The summed E-state index contributed by atoms with van der Waals surface area (Å²) in [6, 6.07) is 0. The zero-order valence-corrected chi connectivity index (χ0v) is 9.88. The van der Waals surface area contributed by atoms with Crippen LogP contribution in [0.5, 0.6) is 0 Å². The number of nitrogens with zero attached hydrogens (tertiary/aromatic N) is 1. The van der Waals surface area contributed by atoms with E-state index in [0.717, 1.165) is 6.08 Å². The molecule has 1 unspecified atom stereocenters. The summed E-state index contributed by atoms with van der Waals surface area (Å²) < 4.78 is 64.0. The molecule has 0 N–H and O–H groups in total. The lowest BCUT2D eigenvalue weighted by molar-refractivity contribution is -0.144. The predicted octanol–water partition coefficient (Wildman–Crippen LogP) is 0.748. The number of rotatable bonds is 2. The van der Waals surface area contributed by atoms with Gasteiger partial charge in [0, 0.05) is 6.20 Å². The zero-order valence-electron chi connectivity index (χ0n) is 9.06. The third-order valence-corrected chi connectivity index (χ3v) is 2.77. The highest BCUT2D eigenvalue weighted by molar-refractivity contribution is 7.73. The molecule has 0 aromatic rings. The number of halogens is 3. The Bertz CT molecular complexity index is 537. The van der Waals surface area contributed by atoms with Gasteiger partial charge < -0.3 is 4.74 Å². The summed E-state index contributed by atoms with van der Waals surface area (Å²) in [4.78, 5) is 13.8. The van der Waals surface area contributed by atoms with E-state index in [9.17, 15) is 26.4 Å². The molecule has 0 aromatic carbocycles. The Kier molecular flexibility index (Phi) is 4.28. The molecular weight excluding hydrogens is 275 g/mol. The summed E-state index contributed by atoms with van der Waals surface area (Å²) in [5, 5.41) is 0. The molecule has 100 valence electrons. The van der Waals surface area contributed by atoms with Crippen molar-refractivity contribution >= 4 is 26.8 Å². The second-order valence-corrected chi connectivity index (χ2v) is 4.09. The van der Waals surface area contributed by atoms with Crippen molar-refractivity contribution in [2.24, 2.45) is 10.9 Å². The average molecular weight is 283 g/mol. The molecule has 0 amide bonds. The monoisotopic (exact) mass is 283 g/mol. The fourth-order valence-corrected chi connectivity index (χ4v) is 1.91. The van der Waals surface area contributed by atoms with Gasteiger partial charge in [-0.1, -0.05) is 0 Å². The smallest absolute Gasteiger partial charge is 0.430 e. The van der Waals surface area contributed by atoms with Crippen LogP contribution in [-0.4, -0.2) is 37.7 Å². The van der Waals surface area contributed by atoms with E-state index < -0.39 is 38.9 Å². The van der Waals surface area contributed by atoms with E-state index in [1.54, 1.807) is 0 Å². The van der Waals surface area contributed by atoms with E-state index in [1.165, 1.54) is 6.92 Å². The molecule has 0 aliphatic carbocycles. The topological polar surface area (TPSA) is 72.8 Å².